The van der Waals surface area contributed by atoms with E-state index >= 15 is 0 Å². The largest absolute Gasteiger partial charge is 0.462 e. The average molecular weight is 402 g/mol. The molecule has 5 heteroatoms. The predicted octanol–water partition coefficient (Wildman–Crippen LogP) is 6.04. The summed E-state index contributed by atoms with van der Waals surface area (Å²) >= 11 is 1.48. The highest BCUT2D eigenvalue weighted by Crippen LogP contribution is 2.38. The molecule has 0 spiro atoms. The Morgan fingerprint density at radius 3 is 2.46 bits per heavy atom. The van der Waals surface area contributed by atoms with Crippen molar-refractivity contribution in [3.8, 4) is 0 Å². The van der Waals surface area contributed by atoms with Crippen LogP contribution in [0.25, 0.3) is 0 Å². The minimum atomic E-state index is -0.383. The second-order valence-electron chi connectivity index (χ2n) is 8.31. The molecule has 28 heavy (non-hydrogen) atoms. The first-order chi connectivity index (χ1) is 13.2. The van der Waals surface area contributed by atoms with E-state index in [1.807, 2.05) is 36.4 Å². The summed E-state index contributed by atoms with van der Waals surface area (Å²) in [7, 11) is 0. The lowest BCUT2D eigenvalue weighted by Gasteiger charge is -2.22. The summed E-state index contributed by atoms with van der Waals surface area (Å²) in [5, 5.41) is 3.53. The van der Waals surface area contributed by atoms with Crippen LogP contribution in [0.2, 0.25) is 0 Å². The maximum atomic E-state index is 12.5. The van der Waals surface area contributed by atoms with Crippen molar-refractivity contribution < 1.29 is 14.3 Å². The zero-order valence-corrected chi connectivity index (χ0v) is 18.3. The maximum Gasteiger partial charge on any atom is 0.341 e. The predicted molar refractivity (Wildman–Crippen MR) is 116 cm³/mol. The van der Waals surface area contributed by atoms with Gasteiger partial charge in [-0.25, -0.2) is 4.79 Å². The Bertz CT molecular complexity index is 790. The number of nitrogens with one attached hydrogen (secondary N) is 1. The van der Waals surface area contributed by atoms with E-state index in [1.54, 1.807) is 6.92 Å². The molecule has 4 nitrogen and oxygen atoms in total. The van der Waals surface area contributed by atoms with Crippen LogP contribution in [-0.2, 0) is 16.0 Å². The quantitative estimate of drug-likeness (QED) is 0.549. The lowest BCUT2D eigenvalue weighted by atomic mass is 9.85. The summed E-state index contributed by atoms with van der Waals surface area (Å²) < 4.78 is 5.19. The zero-order valence-electron chi connectivity index (χ0n) is 17.5. The Hall–Kier alpha value is -2.14. The number of anilines is 1. The van der Waals surface area contributed by atoms with Crippen LogP contribution >= 0.6 is 11.3 Å². The first kappa shape index (κ1) is 22.2. The molecule has 0 aliphatic rings. The van der Waals surface area contributed by atoms with E-state index in [0.717, 1.165) is 16.9 Å². The van der Waals surface area contributed by atoms with Crippen LogP contribution in [0.5, 0.6) is 0 Å². The summed E-state index contributed by atoms with van der Waals surface area (Å²) in [6.07, 6.45) is 2.04. The molecule has 0 aliphatic heterocycles. The van der Waals surface area contributed by atoms with E-state index in [-0.39, 0.29) is 17.3 Å². The fourth-order valence-corrected chi connectivity index (χ4v) is 4.33. The van der Waals surface area contributed by atoms with Crippen molar-refractivity contribution in [2.75, 3.05) is 11.9 Å². The van der Waals surface area contributed by atoms with Crippen LogP contribution in [0.15, 0.2) is 36.4 Å². The SMILES string of the molecule is CCOC(=O)c1cc([C@@H](C)CC(C)(C)C)sc1NC(=O)CCc1ccccc1. The first-order valence-electron chi connectivity index (χ1n) is 9.84. The molecule has 1 N–H and O–H groups in total. The van der Waals surface area contributed by atoms with Crippen molar-refractivity contribution in [3.63, 3.8) is 0 Å². The van der Waals surface area contributed by atoms with Crippen molar-refractivity contribution in [1.82, 2.24) is 0 Å². The highest BCUT2D eigenvalue weighted by Gasteiger charge is 2.24. The van der Waals surface area contributed by atoms with Crippen LogP contribution < -0.4 is 5.32 Å². The number of carbonyl (C=O) groups excluding carboxylic acids is 2. The van der Waals surface area contributed by atoms with Crippen LogP contribution in [0.4, 0.5) is 5.00 Å². The Balaban J connectivity index is 2.13. The van der Waals surface area contributed by atoms with E-state index < -0.39 is 0 Å². The molecule has 1 amide bonds. The third kappa shape index (κ3) is 6.79. The Kier molecular flexibility index (Phi) is 7.81. The molecule has 2 aromatic rings. The Labute approximate surface area is 172 Å². The first-order valence-corrected chi connectivity index (χ1v) is 10.7. The number of aryl methyl sites for hydroxylation is 1. The highest BCUT2D eigenvalue weighted by atomic mass is 32.1. The van der Waals surface area contributed by atoms with Gasteiger partial charge in [0, 0.05) is 11.3 Å². The lowest BCUT2D eigenvalue weighted by Crippen LogP contribution is -2.14. The van der Waals surface area contributed by atoms with E-state index in [0.29, 0.717) is 35.9 Å². The van der Waals surface area contributed by atoms with E-state index in [9.17, 15) is 9.59 Å². The standard InChI is InChI=1S/C23H31NO3S/c1-6-27-22(26)18-14-19(16(2)15-23(3,4)5)28-21(18)24-20(25)13-12-17-10-8-7-9-11-17/h7-11,14,16H,6,12-13,15H2,1-5H3,(H,24,25)/t16-/m0/s1. The topological polar surface area (TPSA) is 55.4 Å². The van der Waals surface area contributed by atoms with Gasteiger partial charge in [0.05, 0.1) is 12.2 Å². The van der Waals surface area contributed by atoms with Crippen molar-refractivity contribution in [2.45, 2.75) is 59.8 Å². The molecular formula is C23H31NO3S. The van der Waals surface area contributed by atoms with E-state index in [2.05, 4.69) is 33.0 Å². The van der Waals surface area contributed by atoms with Gasteiger partial charge < -0.3 is 10.1 Å². The third-order valence-corrected chi connectivity index (χ3v) is 5.67. The summed E-state index contributed by atoms with van der Waals surface area (Å²) in [4.78, 5) is 25.9. The zero-order chi connectivity index (χ0) is 20.7. The normalized spacial score (nSPS) is 12.5. The van der Waals surface area contributed by atoms with Gasteiger partial charge in [-0.05, 0) is 42.7 Å². The van der Waals surface area contributed by atoms with Gasteiger partial charge >= 0.3 is 5.97 Å². The summed E-state index contributed by atoms with van der Waals surface area (Å²) in [6, 6.07) is 11.8. The number of hydrogen-bond acceptors (Lipinski definition) is 4. The molecule has 2 rings (SSSR count). The highest BCUT2D eigenvalue weighted by molar-refractivity contribution is 7.16. The molecule has 0 saturated heterocycles. The van der Waals surface area contributed by atoms with Crippen LogP contribution in [0, 0.1) is 5.41 Å². The van der Waals surface area contributed by atoms with E-state index in [4.69, 9.17) is 4.74 Å². The second-order valence-corrected chi connectivity index (χ2v) is 9.40. The Morgan fingerprint density at radius 1 is 1.18 bits per heavy atom. The number of thiophene rings is 1. The Morgan fingerprint density at radius 2 is 1.86 bits per heavy atom. The average Bonchev–Trinajstić information content (AvgIpc) is 3.04. The molecule has 1 heterocycles. The molecule has 0 bridgehead atoms. The molecule has 0 fully saturated rings. The van der Waals surface area contributed by atoms with Crippen molar-refractivity contribution >= 4 is 28.2 Å². The molecule has 1 aromatic carbocycles. The number of benzene rings is 1. The van der Waals surface area contributed by atoms with Crippen LogP contribution in [0.3, 0.4) is 0 Å². The smallest absolute Gasteiger partial charge is 0.341 e. The minimum Gasteiger partial charge on any atom is -0.462 e. The molecule has 1 aromatic heterocycles. The molecule has 0 aliphatic carbocycles. The molecule has 152 valence electrons. The van der Waals surface area contributed by atoms with E-state index in [1.165, 1.54) is 11.3 Å². The number of carbonyl (C=O) groups is 2. The molecule has 1 atom stereocenters. The maximum absolute atomic E-state index is 12.5. The van der Waals surface area contributed by atoms with Crippen LogP contribution in [0.1, 0.15) is 74.2 Å². The summed E-state index contributed by atoms with van der Waals surface area (Å²) in [5.41, 5.74) is 1.76. The fourth-order valence-electron chi connectivity index (χ4n) is 3.22. The van der Waals surface area contributed by atoms with Gasteiger partial charge in [0.2, 0.25) is 5.91 Å². The monoisotopic (exact) mass is 401 g/mol. The van der Waals surface area contributed by atoms with Crippen LogP contribution in [-0.4, -0.2) is 18.5 Å². The summed E-state index contributed by atoms with van der Waals surface area (Å²) in [5.74, 6) is -0.175. The molecular weight excluding hydrogens is 370 g/mol. The van der Waals surface area contributed by atoms with Gasteiger partial charge in [-0.3, -0.25) is 4.79 Å². The third-order valence-electron chi connectivity index (χ3n) is 4.39. The molecule has 0 saturated carbocycles. The van der Waals surface area contributed by atoms with Gasteiger partial charge in [-0.2, -0.15) is 0 Å². The molecule has 0 radical (unpaired) electrons. The summed E-state index contributed by atoms with van der Waals surface area (Å²) in [6.45, 7) is 10.9. The number of hydrogen-bond donors (Lipinski definition) is 1. The minimum absolute atomic E-state index is 0.0914. The second kappa shape index (κ2) is 9.87. The number of rotatable bonds is 8. The molecule has 0 unspecified atom stereocenters. The number of esters is 1. The van der Waals surface area contributed by atoms with Crippen molar-refractivity contribution in [3.05, 3.63) is 52.4 Å². The van der Waals surface area contributed by atoms with Gasteiger partial charge in [0.1, 0.15) is 5.00 Å². The van der Waals surface area contributed by atoms with Gasteiger partial charge in [0.15, 0.2) is 0 Å². The van der Waals surface area contributed by atoms with Crippen molar-refractivity contribution in [2.24, 2.45) is 5.41 Å². The van der Waals surface area contributed by atoms with Gasteiger partial charge in [-0.15, -0.1) is 11.3 Å². The number of amides is 1. The van der Waals surface area contributed by atoms with Gasteiger partial charge in [-0.1, -0.05) is 58.0 Å². The fraction of sp³-hybridized carbons (Fsp3) is 0.478. The lowest BCUT2D eigenvalue weighted by molar-refractivity contribution is -0.116. The number of ether oxygens (including phenoxy) is 1. The van der Waals surface area contributed by atoms with Gasteiger partial charge in [0.25, 0.3) is 0 Å². The van der Waals surface area contributed by atoms with Crippen molar-refractivity contribution in [1.29, 1.82) is 0 Å².